The average molecular weight is 249 g/mol. The zero-order valence-electron chi connectivity index (χ0n) is 8.96. The third-order valence-corrected chi connectivity index (χ3v) is 3.22. The molecule has 0 atom stereocenters. The van der Waals surface area contributed by atoms with Crippen molar-refractivity contribution in [1.82, 2.24) is 14.2 Å². The number of nitrogens with one attached hydrogen (secondary N) is 1. The highest BCUT2D eigenvalue weighted by Crippen LogP contribution is 2.37. The fraction of sp³-hybridized carbons (Fsp3) is 0.300. The molecule has 6 nitrogen and oxygen atoms in total. The van der Waals surface area contributed by atoms with E-state index in [-0.39, 0.29) is 5.91 Å². The van der Waals surface area contributed by atoms with Crippen LogP contribution in [0, 0.1) is 0 Å². The normalized spacial score (nSPS) is 14.8. The number of carbonyl (C=O) groups is 1. The summed E-state index contributed by atoms with van der Waals surface area (Å²) in [6, 6.07) is 2.12. The predicted octanol–water partition coefficient (Wildman–Crippen LogP) is 1.51. The van der Waals surface area contributed by atoms with Gasteiger partial charge in [0.25, 0.3) is 5.91 Å². The second kappa shape index (κ2) is 3.85. The summed E-state index contributed by atoms with van der Waals surface area (Å²) >= 11 is 1.15. The van der Waals surface area contributed by atoms with E-state index in [2.05, 4.69) is 14.9 Å². The molecule has 3 rings (SSSR count). The molecular weight excluding hydrogens is 238 g/mol. The topological polar surface area (TPSA) is 85.8 Å². The smallest absolute Gasteiger partial charge is 0.273 e. The molecule has 0 spiro atoms. The molecule has 2 heterocycles. The molecule has 0 radical (unpaired) electrons. The van der Waals surface area contributed by atoms with E-state index in [9.17, 15) is 4.79 Å². The summed E-state index contributed by atoms with van der Waals surface area (Å²) < 4.78 is 5.63. The quantitative estimate of drug-likeness (QED) is 0.863. The summed E-state index contributed by atoms with van der Waals surface area (Å²) in [5.74, 6) is -0.167. The first-order valence-electron chi connectivity index (χ1n) is 5.30. The van der Waals surface area contributed by atoms with Gasteiger partial charge in [-0.3, -0.25) is 4.79 Å². The molecule has 7 heteroatoms. The molecule has 0 aliphatic heterocycles. The lowest BCUT2D eigenvalue weighted by Crippen LogP contribution is -2.15. The highest BCUT2D eigenvalue weighted by Gasteiger charge is 2.27. The van der Waals surface area contributed by atoms with Gasteiger partial charge in [0.15, 0.2) is 0 Å². The summed E-state index contributed by atoms with van der Waals surface area (Å²) in [5.41, 5.74) is 6.94. The monoisotopic (exact) mass is 249 g/mol. The largest absolute Gasteiger partial charge is 0.397 e. The van der Waals surface area contributed by atoms with Crippen molar-refractivity contribution in [3.63, 3.8) is 0 Å². The number of anilines is 2. The Kier molecular flexibility index (Phi) is 2.32. The summed E-state index contributed by atoms with van der Waals surface area (Å²) in [4.78, 5) is 12.0. The van der Waals surface area contributed by atoms with Crippen LogP contribution in [0.25, 0.3) is 0 Å². The molecule has 1 saturated carbocycles. The highest BCUT2D eigenvalue weighted by molar-refractivity contribution is 7.10. The van der Waals surface area contributed by atoms with Crippen molar-refractivity contribution < 1.29 is 4.79 Å². The summed E-state index contributed by atoms with van der Waals surface area (Å²) in [5, 5.41) is 7.06. The number of nitrogens with zero attached hydrogens (tertiary/aromatic N) is 3. The standard InChI is InChI=1S/C10H11N5OS/c11-6-3-8(15(5-6)7-1-2-7)10(16)13-9-4-12-14-17-9/h3-5,7H,1-2,11H2,(H,13,16). The fourth-order valence-corrected chi connectivity index (χ4v) is 2.15. The molecular formula is C10H11N5OS. The number of amides is 1. The summed E-state index contributed by atoms with van der Waals surface area (Å²) in [7, 11) is 0. The zero-order chi connectivity index (χ0) is 11.8. The number of aromatic nitrogens is 3. The number of hydrogen-bond donors (Lipinski definition) is 2. The lowest BCUT2D eigenvalue weighted by atomic mass is 10.4. The Balaban J connectivity index is 1.85. The zero-order valence-corrected chi connectivity index (χ0v) is 9.78. The van der Waals surface area contributed by atoms with Crippen LogP contribution in [0.3, 0.4) is 0 Å². The molecule has 0 unspecified atom stereocenters. The van der Waals surface area contributed by atoms with Crippen LogP contribution in [0.15, 0.2) is 18.5 Å². The minimum atomic E-state index is -0.167. The molecule has 1 aliphatic rings. The van der Waals surface area contributed by atoms with E-state index in [1.807, 2.05) is 10.8 Å². The lowest BCUT2D eigenvalue weighted by molar-refractivity contribution is 0.101. The van der Waals surface area contributed by atoms with Crippen molar-refractivity contribution in [3.05, 3.63) is 24.2 Å². The van der Waals surface area contributed by atoms with Crippen molar-refractivity contribution in [2.75, 3.05) is 11.1 Å². The number of nitrogen functional groups attached to an aromatic ring is 1. The van der Waals surface area contributed by atoms with Crippen LogP contribution in [0.1, 0.15) is 29.4 Å². The van der Waals surface area contributed by atoms with E-state index < -0.39 is 0 Å². The van der Waals surface area contributed by atoms with Crippen LogP contribution >= 0.6 is 11.5 Å². The molecule has 3 N–H and O–H groups in total. The SMILES string of the molecule is Nc1cc(C(=O)Nc2cnns2)n(C2CC2)c1. The van der Waals surface area contributed by atoms with Crippen LogP contribution in [-0.4, -0.2) is 20.1 Å². The second-order valence-corrected chi connectivity index (χ2v) is 4.82. The molecule has 2 aromatic rings. The van der Waals surface area contributed by atoms with Gasteiger partial charge in [-0.25, -0.2) is 0 Å². The minimum absolute atomic E-state index is 0.167. The molecule has 1 amide bonds. The molecule has 0 aromatic carbocycles. The first-order valence-corrected chi connectivity index (χ1v) is 6.07. The maximum atomic E-state index is 12.0. The Morgan fingerprint density at radius 3 is 3.06 bits per heavy atom. The maximum Gasteiger partial charge on any atom is 0.273 e. The Bertz CT molecular complexity index is 543. The van der Waals surface area contributed by atoms with Crippen LogP contribution < -0.4 is 11.1 Å². The van der Waals surface area contributed by atoms with Gasteiger partial charge in [0, 0.05) is 23.8 Å². The Hall–Kier alpha value is -1.89. The fourth-order valence-electron chi connectivity index (χ4n) is 1.74. The van der Waals surface area contributed by atoms with Gasteiger partial charge in [-0.2, -0.15) is 0 Å². The second-order valence-electron chi connectivity index (χ2n) is 4.03. The van der Waals surface area contributed by atoms with Crippen LogP contribution in [0.4, 0.5) is 10.7 Å². The third kappa shape index (κ3) is 2.01. The summed E-state index contributed by atoms with van der Waals surface area (Å²) in [6.45, 7) is 0. The number of nitrogens with two attached hydrogens (primary N) is 1. The molecule has 17 heavy (non-hydrogen) atoms. The lowest BCUT2D eigenvalue weighted by Gasteiger charge is -2.06. The Morgan fingerprint density at radius 1 is 1.59 bits per heavy atom. The van der Waals surface area contributed by atoms with Crippen molar-refractivity contribution in [3.8, 4) is 0 Å². The first-order chi connectivity index (χ1) is 8.24. The average Bonchev–Trinajstić information content (AvgIpc) is 2.88. The van der Waals surface area contributed by atoms with E-state index in [1.54, 1.807) is 6.07 Å². The Morgan fingerprint density at radius 2 is 2.41 bits per heavy atom. The van der Waals surface area contributed by atoms with E-state index in [0.717, 1.165) is 24.4 Å². The predicted molar refractivity (Wildman–Crippen MR) is 65.0 cm³/mol. The van der Waals surface area contributed by atoms with E-state index in [1.165, 1.54) is 6.20 Å². The van der Waals surface area contributed by atoms with Gasteiger partial charge >= 0.3 is 0 Å². The number of hydrogen-bond acceptors (Lipinski definition) is 5. The van der Waals surface area contributed by atoms with Crippen LogP contribution in [0.5, 0.6) is 0 Å². The molecule has 1 fully saturated rings. The van der Waals surface area contributed by atoms with Crippen LogP contribution in [-0.2, 0) is 0 Å². The molecule has 88 valence electrons. The van der Waals surface area contributed by atoms with Gasteiger partial charge < -0.3 is 15.6 Å². The number of rotatable bonds is 3. The van der Waals surface area contributed by atoms with Crippen molar-refractivity contribution >= 4 is 28.1 Å². The minimum Gasteiger partial charge on any atom is -0.397 e. The van der Waals surface area contributed by atoms with Gasteiger partial charge in [-0.05, 0) is 18.9 Å². The highest BCUT2D eigenvalue weighted by atomic mass is 32.1. The van der Waals surface area contributed by atoms with E-state index >= 15 is 0 Å². The molecule has 0 saturated heterocycles. The van der Waals surface area contributed by atoms with Crippen molar-refractivity contribution in [1.29, 1.82) is 0 Å². The van der Waals surface area contributed by atoms with Gasteiger partial charge in [0.1, 0.15) is 10.7 Å². The third-order valence-electron chi connectivity index (χ3n) is 2.64. The Labute approximate surface area is 102 Å². The van der Waals surface area contributed by atoms with Crippen LogP contribution in [0.2, 0.25) is 0 Å². The van der Waals surface area contributed by atoms with Gasteiger partial charge in [0.05, 0.1) is 11.9 Å². The molecule has 2 aromatic heterocycles. The molecule has 0 bridgehead atoms. The first kappa shape index (κ1) is 10.3. The summed E-state index contributed by atoms with van der Waals surface area (Å²) in [6.07, 6.45) is 5.56. The van der Waals surface area contributed by atoms with Gasteiger partial charge in [-0.15, -0.1) is 5.10 Å². The van der Waals surface area contributed by atoms with Gasteiger partial charge in [0.2, 0.25) is 0 Å². The van der Waals surface area contributed by atoms with Gasteiger partial charge in [-0.1, -0.05) is 4.49 Å². The molecule has 1 aliphatic carbocycles. The van der Waals surface area contributed by atoms with E-state index in [0.29, 0.717) is 22.4 Å². The van der Waals surface area contributed by atoms with Crippen molar-refractivity contribution in [2.24, 2.45) is 0 Å². The van der Waals surface area contributed by atoms with Crippen molar-refractivity contribution in [2.45, 2.75) is 18.9 Å². The maximum absolute atomic E-state index is 12.0. The van der Waals surface area contributed by atoms with E-state index in [4.69, 9.17) is 5.73 Å². The number of carbonyl (C=O) groups excluding carboxylic acids is 1.